The highest BCUT2D eigenvalue weighted by molar-refractivity contribution is 5.51. The minimum Gasteiger partial charge on any atom is -0.376 e. The van der Waals surface area contributed by atoms with Gasteiger partial charge >= 0.3 is 0 Å². The first kappa shape index (κ1) is 11.4. The van der Waals surface area contributed by atoms with E-state index in [0.29, 0.717) is 0 Å². The zero-order valence-electron chi connectivity index (χ0n) is 8.86. The van der Waals surface area contributed by atoms with Crippen LogP contribution in [-0.2, 0) is 0 Å². The molecule has 0 saturated heterocycles. The van der Waals surface area contributed by atoms with Gasteiger partial charge in [-0.2, -0.15) is 5.26 Å². The highest BCUT2D eigenvalue weighted by Gasteiger charge is 2.17. The van der Waals surface area contributed by atoms with Crippen molar-refractivity contribution in [1.82, 2.24) is 0 Å². The van der Waals surface area contributed by atoms with Gasteiger partial charge in [0.1, 0.15) is 5.69 Å². The van der Waals surface area contributed by atoms with Gasteiger partial charge in [0.15, 0.2) is 11.6 Å². The molecule has 1 aromatic rings. The molecule has 2 nitrogen and oxygen atoms in total. The fourth-order valence-electron chi connectivity index (χ4n) is 1.13. The van der Waals surface area contributed by atoms with Crippen molar-refractivity contribution in [2.45, 2.75) is 26.3 Å². The number of halogens is 2. The maximum absolute atomic E-state index is 13.4. The zero-order chi connectivity index (χ0) is 11.6. The minimum atomic E-state index is -0.749. The van der Waals surface area contributed by atoms with E-state index in [1.807, 2.05) is 0 Å². The normalized spacial score (nSPS) is 10.9. The molecule has 0 amide bonds. The Kier molecular flexibility index (Phi) is 2.94. The summed E-state index contributed by atoms with van der Waals surface area (Å²) < 4.78 is 26.7. The van der Waals surface area contributed by atoms with Gasteiger partial charge in [0, 0.05) is 5.54 Å². The lowest BCUT2D eigenvalue weighted by atomic mass is 10.1. The molecule has 0 aliphatic carbocycles. The first-order chi connectivity index (χ1) is 6.83. The second-order valence-electron chi connectivity index (χ2n) is 4.30. The molecule has 0 aliphatic rings. The Balaban J connectivity index is 3.16. The van der Waals surface area contributed by atoms with Crippen molar-refractivity contribution in [3.05, 3.63) is 29.3 Å². The van der Waals surface area contributed by atoms with E-state index in [1.165, 1.54) is 0 Å². The first-order valence-corrected chi connectivity index (χ1v) is 4.51. The lowest BCUT2D eigenvalue weighted by Crippen LogP contribution is -2.27. The third-order valence-electron chi connectivity index (χ3n) is 1.67. The summed E-state index contributed by atoms with van der Waals surface area (Å²) in [5, 5.41) is 11.2. The Morgan fingerprint density at radius 2 is 1.67 bits per heavy atom. The Morgan fingerprint density at radius 3 is 2.00 bits per heavy atom. The summed E-state index contributed by atoms with van der Waals surface area (Å²) in [5.41, 5.74) is -0.651. The molecule has 0 spiro atoms. The lowest BCUT2D eigenvalue weighted by Gasteiger charge is -2.22. The molecule has 0 radical (unpaired) electrons. The number of nitriles is 1. The average molecular weight is 210 g/mol. The SMILES string of the molecule is CC(C)(C)Nc1c(F)cc(C#N)cc1F. The van der Waals surface area contributed by atoms with Crippen molar-refractivity contribution in [2.75, 3.05) is 5.32 Å². The molecule has 0 fully saturated rings. The molecular weight excluding hydrogens is 198 g/mol. The maximum Gasteiger partial charge on any atom is 0.150 e. The average Bonchev–Trinajstić information content (AvgIpc) is 2.09. The number of hydrogen-bond acceptors (Lipinski definition) is 2. The Bertz CT molecular complexity index is 391. The highest BCUT2D eigenvalue weighted by Crippen LogP contribution is 2.23. The quantitative estimate of drug-likeness (QED) is 0.773. The van der Waals surface area contributed by atoms with Crippen LogP contribution in [0.15, 0.2) is 12.1 Å². The fraction of sp³-hybridized carbons (Fsp3) is 0.364. The van der Waals surface area contributed by atoms with Crippen LogP contribution in [0.2, 0.25) is 0 Å². The van der Waals surface area contributed by atoms with Gasteiger partial charge < -0.3 is 5.32 Å². The van der Waals surface area contributed by atoms with Crippen LogP contribution in [0.5, 0.6) is 0 Å². The molecule has 1 aromatic carbocycles. The maximum atomic E-state index is 13.4. The van der Waals surface area contributed by atoms with Crippen molar-refractivity contribution in [1.29, 1.82) is 5.26 Å². The van der Waals surface area contributed by atoms with E-state index in [4.69, 9.17) is 5.26 Å². The van der Waals surface area contributed by atoms with Crippen LogP contribution in [0, 0.1) is 23.0 Å². The van der Waals surface area contributed by atoms with E-state index < -0.39 is 17.2 Å². The second-order valence-corrected chi connectivity index (χ2v) is 4.30. The predicted molar refractivity (Wildman–Crippen MR) is 54.4 cm³/mol. The van der Waals surface area contributed by atoms with Gasteiger partial charge in [0.25, 0.3) is 0 Å². The van der Waals surface area contributed by atoms with Gasteiger partial charge in [0.2, 0.25) is 0 Å². The monoisotopic (exact) mass is 210 g/mol. The molecule has 0 atom stereocenters. The number of benzene rings is 1. The number of anilines is 1. The summed E-state index contributed by atoms with van der Waals surface area (Å²) >= 11 is 0. The Morgan fingerprint density at radius 1 is 1.20 bits per heavy atom. The van der Waals surface area contributed by atoms with Gasteiger partial charge in [-0.1, -0.05) is 0 Å². The zero-order valence-corrected chi connectivity index (χ0v) is 8.86. The smallest absolute Gasteiger partial charge is 0.150 e. The number of nitrogens with one attached hydrogen (secondary N) is 1. The van der Waals surface area contributed by atoms with Crippen molar-refractivity contribution >= 4 is 5.69 Å². The topological polar surface area (TPSA) is 35.8 Å². The molecule has 0 unspecified atom stereocenters. The molecule has 4 heteroatoms. The van der Waals surface area contributed by atoms with Crippen molar-refractivity contribution < 1.29 is 8.78 Å². The van der Waals surface area contributed by atoms with Gasteiger partial charge in [-0.3, -0.25) is 0 Å². The molecule has 1 rings (SSSR count). The molecule has 0 bridgehead atoms. The van der Waals surface area contributed by atoms with Crippen LogP contribution >= 0.6 is 0 Å². The summed E-state index contributed by atoms with van der Waals surface area (Å²) in [6.07, 6.45) is 0. The number of nitrogens with zero attached hydrogens (tertiary/aromatic N) is 1. The highest BCUT2D eigenvalue weighted by atomic mass is 19.1. The molecule has 0 aliphatic heterocycles. The summed E-state index contributed by atoms with van der Waals surface area (Å²) in [7, 11) is 0. The van der Waals surface area contributed by atoms with Crippen LogP contribution in [0.3, 0.4) is 0 Å². The van der Waals surface area contributed by atoms with Crippen molar-refractivity contribution in [2.24, 2.45) is 0 Å². The van der Waals surface area contributed by atoms with Crippen molar-refractivity contribution in [3.63, 3.8) is 0 Å². The van der Waals surface area contributed by atoms with Crippen LogP contribution in [0.1, 0.15) is 26.3 Å². The van der Waals surface area contributed by atoms with Gasteiger partial charge in [-0.15, -0.1) is 0 Å². The van der Waals surface area contributed by atoms with Crippen LogP contribution in [-0.4, -0.2) is 5.54 Å². The largest absolute Gasteiger partial charge is 0.376 e. The van der Waals surface area contributed by atoms with E-state index in [0.717, 1.165) is 12.1 Å². The predicted octanol–water partition coefficient (Wildman–Crippen LogP) is 3.05. The van der Waals surface area contributed by atoms with Crippen LogP contribution < -0.4 is 5.32 Å². The van der Waals surface area contributed by atoms with Crippen LogP contribution in [0.4, 0.5) is 14.5 Å². The molecule has 80 valence electrons. The lowest BCUT2D eigenvalue weighted by molar-refractivity contribution is 0.562. The van der Waals surface area contributed by atoms with E-state index >= 15 is 0 Å². The molecule has 1 N–H and O–H groups in total. The standard InChI is InChI=1S/C11H12F2N2/c1-11(2,3)15-10-8(12)4-7(6-14)5-9(10)13/h4-5,15H,1-3H3. The van der Waals surface area contributed by atoms with Gasteiger partial charge in [-0.05, 0) is 32.9 Å². The van der Waals surface area contributed by atoms with E-state index in [2.05, 4.69) is 5.32 Å². The third kappa shape index (κ3) is 2.91. The third-order valence-corrected chi connectivity index (χ3v) is 1.67. The number of rotatable bonds is 1. The minimum absolute atomic E-state index is 0.0236. The van der Waals surface area contributed by atoms with E-state index in [1.54, 1.807) is 26.8 Å². The molecule has 0 aromatic heterocycles. The molecular formula is C11H12F2N2. The Labute approximate surface area is 87.5 Å². The van der Waals surface area contributed by atoms with E-state index in [-0.39, 0.29) is 11.3 Å². The molecule has 0 saturated carbocycles. The Hall–Kier alpha value is -1.63. The van der Waals surface area contributed by atoms with Crippen molar-refractivity contribution in [3.8, 4) is 6.07 Å². The van der Waals surface area contributed by atoms with Gasteiger partial charge in [0.05, 0.1) is 11.6 Å². The van der Waals surface area contributed by atoms with Crippen LogP contribution in [0.25, 0.3) is 0 Å². The van der Waals surface area contributed by atoms with Gasteiger partial charge in [-0.25, -0.2) is 8.78 Å². The first-order valence-electron chi connectivity index (χ1n) is 4.51. The summed E-state index contributed by atoms with van der Waals surface area (Å²) in [4.78, 5) is 0. The summed E-state index contributed by atoms with van der Waals surface area (Å²) in [6, 6.07) is 3.71. The second kappa shape index (κ2) is 3.85. The number of hydrogen-bond donors (Lipinski definition) is 1. The molecule has 0 heterocycles. The summed E-state index contributed by atoms with van der Waals surface area (Å²) in [6.45, 7) is 5.39. The summed E-state index contributed by atoms with van der Waals surface area (Å²) in [5.74, 6) is -1.50. The molecule has 15 heavy (non-hydrogen) atoms. The van der Waals surface area contributed by atoms with E-state index in [9.17, 15) is 8.78 Å². The fourth-order valence-corrected chi connectivity index (χ4v) is 1.13.